The van der Waals surface area contributed by atoms with Crippen LogP contribution < -0.4 is 5.32 Å². The third kappa shape index (κ3) is 1.78. The van der Waals surface area contributed by atoms with Gasteiger partial charge in [0.25, 0.3) is 0 Å². The Morgan fingerprint density at radius 2 is 2.50 bits per heavy atom. The lowest BCUT2D eigenvalue weighted by atomic mass is 10.1. The van der Waals surface area contributed by atoms with Gasteiger partial charge in [0, 0.05) is 12.7 Å². The summed E-state index contributed by atoms with van der Waals surface area (Å²) in [5, 5.41) is 3.14. The third-order valence-electron chi connectivity index (χ3n) is 1.62. The Labute approximate surface area is 62.1 Å². The molecule has 0 aromatic rings. The normalized spacial score (nSPS) is 23.8. The average Bonchev–Trinajstić information content (AvgIpc) is 2.13. The summed E-state index contributed by atoms with van der Waals surface area (Å²) < 4.78 is 0. The van der Waals surface area contributed by atoms with Gasteiger partial charge in [0.1, 0.15) is 0 Å². The largest absolute Gasteiger partial charge is 0.391 e. The van der Waals surface area contributed by atoms with Gasteiger partial charge in [-0.1, -0.05) is 6.92 Å². The van der Waals surface area contributed by atoms with Gasteiger partial charge in [-0.05, 0) is 30.6 Å². The molecule has 1 aliphatic carbocycles. The summed E-state index contributed by atoms with van der Waals surface area (Å²) in [7, 11) is 1.96. The van der Waals surface area contributed by atoms with Crippen molar-refractivity contribution in [3.8, 4) is 0 Å². The van der Waals surface area contributed by atoms with Gasteiger partial charge in [-0.15, -0.1) is 5.73 Å². The predicted octanol–water partition coefficient (Wildman–Crippen LogP) is 1.84. The lowest BCUT2D eigenvalue weighted by Crippen LogP contribution is -2.07. The van der Waals surface area contributed by atoms with Gasteiger partial charge in [-0.2, -0.15) is 0 Å². The maximum absolute atomic E-state index is 3.14. The minimum atomic E-state index is 0.609. The van der Waals surface area contributed by atoms with Crippen LogP contribution in [0, 0.1) is 5.92 Å². The summed E-state index contributed by atoms with van der Waals surface area (Å²) >= 11 is 0. The zero-order chi connectivity index (χ0) is 7.40. The lowest BCUT2D eigenvalue weighted by Gasteiger charge is -2.06. The Balaban J connectivity index is 2.72. The smallest absolute Gasteiger partial charge is 0.0116 e. The summed E-state index contributed by atoms with van der Waals surface area (Å²) in [6, 6.07) is 0. The summed E-state index contributed by atoms with van der Waals surface area (Å²) in [6.45, 7) is 2.19. The molecule has 0 amide bonds. The van der Waals surface area contributed by atoms with Gasteiger partial charge < -0.3 is 5.32 Å². The lowest BCUT2D eigenvalue weighted by molar-refractivity contribution is 0.684. The molecule has 0 aromatic heterocycles. The zero-order valence-corrected chi connectivity index (χ0v) is 6.52. The predicted molar refractivity (Wildman–Crippen MR) is 43.6 cm³/mol. The summed E-state index contributed by atoms with van der Waals surface area (Å²) in [6.07, 6.45) is 7.22. The molecule has 1 atom stereocenters. The molecular weight excluding hydrogens is 122 g/mol. The SMILES string of the molecule is CNC1=CC=C=CC(C)C1. The molecule has 0 fully saturated rings. The van der Waals surface area contributed by atoms with E-state index in [0.717, 1.165) is 6.42 Å². The average molecular weight is 135 g/mol. The van der Waals surface area contributed by atoms with Crippen LogP contribution in [0.3, 0.4) is 0 Å². The van der Waals surface area contributed by atoms with E-state index < -0.39 is 0 Å². The fourth-order valence-electron chi connectivity index (χ4n) is 1.03. The van der Waals surface area contributed by atoms with Crippen molar-refractivity contribution in [2.75, 3.05) is 7.05 Å². The molecular formula is C9H13N. The highest BCUT2D eigenvalue weighted by Gasteiger charge is 2.01. The standard InChI is InChI=1S/C9H13N/c1-8-5-3-4-6-9(7-8)10-2/h4-6,8,10H,7H2,1-2H3. The minimum absolute atomic E-state index is 0.609. The molecule has 0 radical (unpaired) electrons. The van der Waals surface area contributed by atoms with Gasteiger partial charge >= 0.3 is 0 Å². The van der Waals surface area contributed by atoms with E-state index in [2.05, 4.69) is 30.1 Å². The van der Waals surface area contributed by atoms with Crippen LogP contribution in [0.25, 0.3) is 0 Å². The first kappa shape index (κ1) is 7.17. The van der Waals surface area contributed by atoms with Gasteiger partial charge in [0.05, 0.1) is 0 Å². The highest BCUT2D eigenvalue weighted by atomic mass is 14.8. The van der Waals surface area contributed by atoms with Crippen LogP contribution in [0.5, 0.6) is 0 Å². The first-order valence-electron chi connectivity index (χ1n) is 3.62. The minimum Gasteiger partial charge on any atom is -0.391 e. The second-order valence-electron chi connectivity index (χ2n) is 2.62. The molecule has 1 heteroatoms. The molecule has 1 aliphatic rings. The molecule has 0 saturated carbocycles. The Kier molecular flexibility index (Phi) is 2.35. The highest BCUT2D eigenvalue weighted by molar-refractivity contribution is 5.15. The fourth-order valence-corrected chi connectivity index (χ4v) is 1.03. The molecule has 1 N–H and O–H groups in total. The van der Waals surface area contributed by atoms with E-state index in [1.165, 1.54) is 5.70 Å². The van der Waals surface area contributed by atoms with Gasteiger partial charge in [-0.25, -0.2) is 0 Å². The molecule has 54 valence electrons. The van der Waals surface area contributed by atoms with E-state index in [-0.39, 0.29) is 0 Å². The first-order valence-corrected chi connectivity index (χ1v) is 3.62. The Bertz CT molecular complexity index is 195. The van der Waals surface area contributed by atoms with Crippen molar-refractivity contribution in [3.63, 3.8) is 0 Å². The van der Waals surface area contributed by atoms with E-state index in [1.54, 1.807) is 0 Å². The van der Waals surface area contributed by atoms with E-state index in [0.29, 0.717) is 5.92 Å². The molecule has 0 aromatic carbocycles. The first-order chi connectivity index (χ1) is 4.83. The van der Waals surface area contributed by atoms with Crippen LogP contribution in [-0.2, 0) is 0 Å². The van der Waals surface area contributed by atoms with Gasteiger partial charge in [-0.3, -0.25) is 0 Å². The van der Waals surface area contributed by atoms with Crippen molar-refractivity contribution in [1.29, 1.82) is 0 Å². The third-order valence-corrected chi connectivity index (χ3v) is 1.62. The Morgan fingerprint density at radius 1 is 1.70 bits per heavy atom. The summed E-state index contributed by atoms with van der Waals surface area (Å²) in [4.78, 5) is 0. The molecule has 0 bridgehead atoms. The van der Waals surface area contributed by atoms with E-state index in [4.69, 9.17) is 0 Å². The van der Waals surface area contributed by atoms with Crippen molar-refractivity contribution < 1.29 is 0 Å². The quantitative estimate of drug-likeness (QED) is 0.541. The van der Waals surface area contributed by atoms with Gasteiger partial charge in [0.2, 0.25) is 0 Å². The van der Waals surface area contributed by atoms with Gasteiger partial charge in [0.15, 0.2) is 0 Å². The molecule has 0 heterocycles. The maximum Gasteiger partial charge on any atom is 0.0116 e. The maximum atomic E-state index is 3.14. The zero-order valence-electron chi connectivity index (χ0n) is 6.52. The van der Waals surface area contributed by atoms with Crippen molar-refractivity contribution in [2.45, 2.75) is 13.3 Å². The van der Waals surface area contributed by atoms with E-state index in [1.807, 2.05) is 13.1 Å². The Morgan fingerprint density at radius 3 is 3.20 bits per heavy atom. The van der Waals surface area contributed by atoms with E-state index in [9.17, 15) is 0 Å². The highest BCUT2D eigenvalue weighted by Crippen LogP contribution is 2.11. The fraction of sp³-hybridized carbons (Fsp3) is 0.444. The topological polar surface area (TPSA) is 12.0 Å². The summed E-state index contributed by atoms with van der Waals surface area (Å²) in [5.74, 6) is 0.609. The number of rotatable bonds is 1. The number of nitrogens with one attached hydrogen (secondary N) is 1. The van der Waals surface area contributed by atoms with E-state index >= 15 is 0 Å². The number of hydrogen-bond acceptors (Lipinski definition) is 1. The van der Waals surface area contributed by atoms with Crippen molar-refractivity contribution in [3.05, 3.63) is 29.7 Å². The number of hydrogen-bond donors (Lipinski definition) is 1. The van der Waals surface area contributed by atoms with Crippen LogP contribution in [0.15, 0.2) is 29.7 Å². The number of allylic oxidation sites excluding steroid dienone is 3. The molecule has 1 nitrogen and oxygen atoms in total. The van der Waals surface area contributed by atoms with Crippen molar-refractivity contribution in [2.24, 2.45) is 5.92 Å². The van der Waals surface area contributed by atoms with Crippen LogP contribution in [0.1, 0.15) is 13.3 Å². The Hall–Kier alpha value is -0.940. The van der Waals surface area contributed by atoms with Crippen molar-refractivity contribution in [1.82, 2.24) is 5.32 Å². The van der Waals surface area contributed by atoms with Crippen LogP contribution >= 0.6 is 0 Å². The molecule has 1 unspecified atom stereocenters. The molecule has 0 saturated heterocycles. The molecule has 10 heavy (non-hydrogen) atoms. The van der Waals surface area contributed by atoms with Crippen molar-refractivity contribution >= 4 is 0 Å². The molecule has 0 spiro atoms. The second-order valence-corrected chi connectivity index (χ2v) is 2.62. The monoisotopic (exact) mass is 135 g/mol. The second kappa shape index (κ2) is 3.28. The van der Waals surface area contributed by atoms with Crippen LogP contribution in [0.4, 0.5) is 0 Å². The van der Waals surface area contributed by atoms with Crippen LogP contribution in [0.2, 0.25) is 0 Å². The summed E-state index contributed by atoms with van der Waals surface area (Å²) in [5.41, 5.74) is 4.38. The van der Waals surface area contributed by atoms with Crippen LogP contribution in [-0.4, -0.2) is 7.05 Å². The molecule has 0 aliphatic heterocycles. The molecule has 1 rings (SSSR count).